The van der Waals surface area contributed by atoms with Crippen LogP contribution >= 0.6 is 15.9 Å². The summed E-state index contributed by atoms with van der Waals surface area (Å²) in [5, 5.41) is 9.63. The van der Waals surface area contributed by atoms with Crippen molar-refractivity contribution in [3.63, 3.8) is 0 Å². The summed E-state index contributed by atoms with van der Waals surface area (Å²) in [4.78, 5) is 0. The number of hydrogen-bond acceptors (Lipinski definition) is 2. The Bertz CT molecular complexity index is 367. The lowest BCUT2D eigenvalue weighted by Crippen LogP contribution is -2.22. The molecule has 2 nitrogen and oxygen atoms in total. The Morgan fingerprint density at radius 1 is 1.35 bits per heavy atom. The van der Waals surface area contributed by atoms with Crippen LogP contribution in [0.4, 0.5) is 0 Å². The third kappa shape index (κ3) is 5.09. The van der Waals surface area contributed by atoms with Gasteiger partial charge in [-0.2, -0.15) is 0 Å². The molecule has 0 atom stereocenters. The van der Waals surface area contributed by atoms with Crippen molar-refractivity contribution in [1.82, 2.24) is 0 Å². The topological polar surface area (TPSA) is 29.5 Å². The summed E-state index contributed by atoms with van der Waals surface area (Å²) in [6.45, 7) is 8.41. The van der Waals surface area contributed by atoms with Gasteiger partial charge in [-0.1, -0.05) is 29.8 Å². The van der Waals surface area contributed by atoms with Gasteiger partial charge in [0.1, 0.15) is 5.75 Å². The molecule has 0 saturated carbocycles. The fourth-order valence-electron chi connectivity index (χ4n) is 1.51. The minimum atomic E-state index is -0.673. The van der Waals surface area contributed by atoms with Gasteiger partial charge >= 0.3 is 0 Å². The molecule has 0 aliphatic rings. The number of ether oxygens (including phenoxy) is 1. The van der Waals surface area contributed by atoms with Crippen molar-refractivity contribution in [2.24, 2.45) is 0 Å². The summed E-state index contributed by atoms with van der Waals surface area (Å²) in [5.41, 5.74) is 0.517. The first-order valence-electron chi connectivity index (χ1n) is 5.94. The maximum atomic E-state index is 9.63. The van der Waals surface area contributed by atoms with E-state index >= 15 is 0 Å². The maximum Gasteiger partial charge on any atom is 0.122 e. The first kappa shape index (κ1) is 14.5. The summed E-state index contributed by atoms with van der Waals surface area (Å²) in [6, 6.07) is 6.04. The van der Waals surface area contributed by atoms with Crippen molar-refractivity contribution in [2.75, 3.05) is 6.61 Å². The van der Waals surface area contributed by atoms with Crippen molar-refractivity contribution in [3.05, 3.63) is 28.2 Å². The quantitative estimate of drug-likeness (QED) is 0.886. The van der Waals surface area contributed by atoms with E-state index in [2.05, 4.69) is 35.8 Å². The Kier molecular flexibility index (Phi) is 5.02. The zero-order valence-corrected chi connectivity index (χ0v) is 12.5. The molecule has 96 valence electrons. The molecule has 0 amide bonds. The van der Waals surface area contributed by atoms with Crippen molar-refractivity contribution in [3.8, 4) is 5.75 Å². The molecule has 1 rings (SSSR count). The van der Waals surface area contributed by atoms with Gasteiger partial charge in [0.15, 0.2) is 0 Å². The Morgan fingerprint density at radius 3 is 2.53 bits per heavy atom. The Labute approximate surface area is 112 Å². The van der Waals surface area contributed by atoms with Crippen LogP contribution in [-0.2, 0) is 0 Å². The third-order valence-electron chi connectivity index (χ3n) is 2.57. The highest BCUT2D eigenvalue weighted by Gasteiger charge is 2.14. The minimum absolute atomic E-state index is 0.421. The predicted molar refractivity (Wildman–Crippen MR) is 74.6 cm³/mol. The summed E-state index contributed by atoms with van der Waals surface area (Å²) < 4.78 is 6.81. The number of halogens is 1. The second-order valence-electron chi connectivity index (χ2n) is 5.25. The molecule has 0 aromatic heterocycles. The van der Waals surface area contributed by atoms with Gasteiger partial charge in [-0.05, 0) is 43.5 Å². The lowest BCUT2D eigenvalue weighted by atomic mass is 10.0. The number of benzene rings is 1. The monoisotopic (exact) mass is 300 g/mol. The number of hydrogen-bond donors (Lipinski definition) is 1. The standard InChI is InChI=1S/C14H21BrO2/c1-10(2)12-9-11(15)5-6-13(12)17-8-7-14(3,4)16/h5-6,9-10,16H,7-8H2,1-4H3. The molecular weight excluding hydrogens is 280 g/mol. The second-order valence-corrected chi connectivity index (χ2v) is 6.16. The van der Waals surface area contributed by atoms with E-state index in [9.17, 15) is 5.11 Å². The van der Waals surface area contributed by atoms with Crippen LogP contribution in [0.25, 0.3) is 0 Å². The van der Waals surface area contributed by atoms with Crippen LogP contribution in [-0.4, -0.2) is 17.3 Å². The SMILES string of the molecule is CC(C)c1cc(Br)ccc1OCCC(C)(C)O. The molecule has 0 spiro atoms. The fraction of sp³-hybridized carbons (Fsp3) is 0.571. The van der Waals surface area contributed by atoms with Gasteiger partial charge in [-0.25, -0.2) is 0 Å². The Morgan fingerprint density at radius 2 is 2.00 bits per heavy atom. The Balaban J connectivity index is 2.70. The van der Waals surface area contributed by atoms with Crippen LogP contribution < -0.4 is 4.74 Å². The van der Waals surface area contributed by atoms with Crippen LogP contribution in [0.5, 0.6) is 5.75 Å². The maximum absolute atomic E-state index is 9.63. The van der Waals surface area contributed by atoms with E-state index in [0.717, 1.165) is 10.2 Å². The molecule has 1 N–H and O–H groups in total. The Hall–Kier alpha value is -0.540. The predicted octanol–water partition coefficient (Wildman–Crippen LogP) is 4.11. The van der Waals surface area contributed by atoms with Crippen molar-refractivity contribution >= 4 is 15.9 Å². The van der Waals surface area contributed by atoms with E-state index in [0.29, 0.717) is 18.9 Å². The van der Waals surface area contributed by atoms with Gasteiger partial charge in [-0.15, -0.1) is 0 Å². The van der Waals surface area contributed by atoms with Crippen LogP contribution in [0.15, 0.2) is 22.7 Å². The van der Waals surface area contributed by atoms with E-state index in [1.165, 1.54) is 5.56 Å². The van der Waals surface area contributed by atoms with Gasteiger partial charge < -0.3 is 9.84 Å². The highest BCUT2D eigenvalue weighted by atomic mass is 79.9. The van der Waals surface area contributed by atoms with Crippen LogP contribution in [0, 0.1) is 0 Å². The van der Waals surface area contributed by atoms with Gasteiger partial charge in [0, 0.05) is 10.9 Å². The van der Waals surface area contributed by atoms with E-state index in [4.69, 9.17) is 4.74 Å². The smallest absolute Gasteiger partial charge is 0.122 e. The third-order valence-corrected chi connectivity index (χ3v) is 3.06. The van der Waals surface area contributed by atoms with Gasteiger partial charge in [0.2, 0.25) is 0 Å². The molecule has 0 heterocycles. The molecule has 0 saturated heterocycles. The first-order valence-corrected chi connectivity index (χ1v) is 6.73. The van der Waals surface area contributed by atoms with Crippen molar-refractivity contribution < 1.29 is 9.84 Å². The molecule has 0 fully saturated rings. The molecule has 17 heavy (non-hydrogen) atoms. The normalized spacial score (nSPS) is 11.9. The largest absolute Gasteiger partial charge is 0.493 e. The summed E-state index contributed by atoms with van der Waals surface area (Å²) in [5.74, 6) is 1.33. The summed E-state index contributed by atoms with van der Waals surface area (Å²) in [7, 11) is 0. The summed E-state index contributed by atoms with van der Waals surface area (Å²) in [6.07, 6.45) is 0.626. The fourth-order valence-corrected chi connectivity index (χ4v) is 1.89. The van der Waals surface area contributed by atoms with Crippen LogP contribution in [0.2, 0.25) is 0 Å². The molecule has 0 unspecified atom stereocenters. The zero-order valence-electron chi connectivity index (χ0n) is 11.0. The number of rotatable bonds is 5. The molecule has 1 aromatic carbocycles. The van der Waals surface area contributed by atoms with Crippen LogP contribution in [0.3, 0.4) is 0 Å². The van der Waals surface area contributed by atoms with E-state index in [-0.39, 0.29) is 0 Å². The molecule has 0 aliphatic heterocycles. The zero-order chi connectivity index (χ0) is 13.1. The highest BCUT2D eigenvalue weighted by molar-refractivity contribution is 9.10. The van der Waals surface area contributed by atoms with Crippen LogP contribution in [0.1, 0.15) is 45.6 Å². The minimum Gasteiger partial charge on any atom is -0.493 e. The van der Waals surface area contributed by atoms with E-state index < -0.39 is 5.60 Å². The molecule has 0 radical (unpaired) electrons. The van der Waals surface area contributed by atoms with Crippen molar-refractivity contribution in [2.45, 2.75) is 45.6 Å². The average Bonchev–Trinajstić information content (AvgIpc) is 2.18. The molecular formula is C14H21BrO2. The second kappa shape index (κ2) is 5.87. The van der Waals surface area contributed by atoms with Gasteiger partial charge in [0.25, 0.3) is 0 Å². The highest BCUT2D eigenvalue weighted by Crippen LogP contribution is 2.29. The molecule has 1 aromatic rings. The first-order chi connectivity index (χ1) is 7.79. The van der Waals surface area contributed by atoms with Gasteiger partial charge in [0.05, 0.1) is 12.2 Å². The molecule has 0 bridgehead atoms. The number of aliphatic hydroxyl groups is 1. The van der Waals surface area contributed by atoms with Crippen molar-refractivity contribution in [1.29, 1.82) is 0 Å². The van der Waals surface area contributed by atoms with Gasteiger partial charge in [-0.3, -0.25) is 0 Å². The van der Waals surface area contributed by atoms with E-state index in [1.807, 2.05) is 12.1 Å². The molecule has 3 heteroatoms. The molecule has 0 aliphatic carbocycles. The lowest BCUT2D eigenvalue weighted by Gasteiger charge is -2.19. The van der Waals surface area contributed by atoms with E-state index in [1.54, 1.807) is 13.8 Å². The average molecular weight is 301 g/mol. The lowest BCUT2D eigenvalue weighted by molar-refractivity contribution is 0.0552. The summed E-state index contributed by atoms with van der Waals surface area (Å²) >= 11 is 3.47.